The van der Waals surface area contributed by atoms with Gasteiger partial charge in [-0.15, -0.1) is 0 Å². The first-order valence-electron chi connectivity index (χ1n) is 7.64. The molecule has 0 aromatic heterocycles. The van der Waals surface area contributed by atoms with E-state index in [-0.39, 0.29) is 18.0 Å². The number of hydrogen-bond donors (Lipinski definition) is 0. The summed E-state index contributed by atoms with van der Waals surface area (Å²) in [5.41, 5.74) is 7.96. The maximum absolute atomic E-state index is 12.2. The van der Waals surface area contributed by atoms with E-state index in [9.17, 15) is 9.59 Å². The van der Waals surface area contributed by atoms with Crippen LogP contribution in [0.15, 0.2) is 5.11 Å². The molecule has 2 fully saturated rings. The fourth-order valence-electron chi connectivity index (χ4n) is 2.91. The molecule has 2 aliphatic heterocycles. The summed E-state index contributed by atoms with van der Waals surface area (Å²) in [6.07, 6.45) is 1.74. The maximum Gasteiger partial charge on any atom is 0.410 e. The molecule has 0 N–H and O–H groups in total. The van der Waals surface area contributed by atoms with Crippen LogP contribution in [0.4, 0.5) is 4.79 Å². The van der Waals surface area contributed by atoms with Gasteiger partial charge in [-0.05, 0) is 45.6 Å². The van der Waals surface area contributed by atoms with Gasteiger partial charge in [-0.25, -0.2) is 4.79 Å². The molecule has 8 nitrogen and oxygen atoms in total. The smallest absolute Gasteiger partial charge is 0.410 e. The van der Waals surface area contributed by atoms with Crippen LogP contribution in [0.25, 0.3) is 10.4 Å². The van der Waals surface area contributed by atoms with Crippen molar-refractivity contribution in [2.45, 2.75) is 57.7 Å². The fraction of sp³-hybridized carbons (Fsp3) is 0.857. The van der Waals surface area contributed by atoms with Crippen LogP contribution in [0.1, 0.15) is 40.0 Å². The second-order valence-corrected chi connectivity index (χ2v) is 6.74. The number of rotatable bonds is 2. The number of azide groups is 1. The molecule has 22 heavy (non-hydrogen) atoms. The van der Waals surface area contributed by atoms with Gasteiger partial charge in [0.15, 0.2) is 0 Å². The quantitative estimate of drug-likeness (QED) is 0.444. The number of piperidine rings is 1. The molecule has 0 radical (unpaired) electrons. The van der Waals surface area contributed by atoms with Crippen molar-refractivity contribution < 1.29 is 14.3 Å². The van der Waals surface area contributed by atoms with Crippen molar-refractivity contribution in [3.63, 3.8) is 0 Å². The topological polar surface area (TPSA) is 98.6 Å². The number of ether oxygens (including phenoxy) is 1. The number of amides is 2. The zero-order chi connectivity index (χ0) is 16.3. The first kappa shape index (κ1) is 16.4. The van der Waals surface area contributed by atoms with E-state index in [1.54, 1.807) is 9.80 Å². The van der Waals surface area contributed by atoms with E-state index >= 15 is 0 Å². The second kappa shape index (κ2) is 6.44. The minimum atomic E-state index is -0.561. The Bertz CT molecular complexity index is 487. The molecule has 1 unspecified atom stereocenters. The van der Waals surface area contributed by atoms with E-state index in [0.717, 1.165) is 12.8 Å². The Hall–Kier alpha value is -1.95. The van der Waals surface area contributed by atoms with Gasteiger partial charge in [0.1, 0.15) is 11.6 Å². The summed E-state index contributed by atoms with van der Waals surface area (Å²) >= 11 is 0. The molecular weight excluding hydrogens is 286 g/mol. The zero-order valence-corrected chi connectivity index (χ0v) is 13.4. The van der Waals surface area contributed by atoms with Crippen molar-refractivity contribution in [1.29, 1.82) is 0 Å². The molecule has 0 saturated carbocycles. The molecule has 1 atom stereocenters. The standard InChI is InChI=1S/C14H23N5O3/c1-14(2,3)22-13(21)18-7-4-10(5-8-18)19-9-6-11(12(19)20)16-17-15/h10-11H,4-9H2,1-3H3. The van der Waals surface area contributed by atoms with E-state index in [2.05, 4.69) is 10.0 Å². The van der Waals surface area contributed by atoms with Crippen LogP contribution in [0.2, 0.25) is 0 Å². The average Bonchev–Trinajstić information content (AvgIpc) is 2.79. The highest BCUT2D eigenvalue weighted by molar-refractivity contribution is 5.84. The van der Waals surface area contributed by atoms with Crippen LogP contribution in [-0.4, -0.2) is 59.1 Å². The Morgan fingerprint density at radius 3 is 2.45 bits per heavy atom. The van der Waals surface area contributed by atoms with E-state index < -0.39 is 11.6 Å². The minimum Gasteiger partial charge on any atom is -0.444 e. The highest BCUT2D eigenvalue weighted by Gasteiger charge is 2.37. The van der Waals surface area contributed by atoms with Crippen LogP contribution in [-0.2, 0) is 9.53 Å². The summed E-state index contributed by atoms with van der Waals surface area (Å²) in [5, 5.41) is 3.54. The molecule has 0 aromatic carbocycles. The van der Waals surface area contributed by atoms with E-state index in [1.807, 2.05) is 20.8 Å². The van der Waals surface area contributed by atoms with Crippen LogP contribution in [0.5, 0.6) is 0 Å². The second-order valence-electron chi connectivity index (χ2n) is 6.74. The first-order valence-corrected chi connectivity index (χ1v) is 7.64. The van der Waals surface area contributed by atoms with Crippen molar-refractivity contribution in [3.05, 3.63) is 10.4 Å². The molecular formula is C14H23N5O3. The van der Waals surface area contributed by atoms with E-state index in [1.165, 1.54) is 0 Å². The highest BCUT2D eigenvalue weighted by atomic mass is 16.6. The number of likely N-dealkylation sites (tertiary alicyclic amines) is 2. The number of carbonyl (C=O) groups is 2. The van der Waals surface area contributed by atoms with E-state index in [4.69, 9.17) is 10.3 Å². The summed E-state index contributed by atoms with van der Waals surface area (Å²) < 4.78 is 5.36. The molecule has 2 rings (SSSR count). The minimum absolute atomic E-state index is 0.0893. The highest BCUT2D eigenvalue weighted by Crippen LogP contribution is 2.24. The van der Waals surface area contributed by atoms with Crippen LogP contribution < -0.4 is 0 Å². The van der Waals surface area contributed by atoms with Gasteiger partial charge < -0.3 is 14.5 Å². The van der Waals surface area contributed by atoms with Gasteiger partial charge in [-0.1, -0.05) is 5.11 Å². The van der Waals surface area contributed by atoms with Gasteiger partial charge in [-0.2, -0.15) is 0 Å². The summed E-state index contributed by atoms with van der Waals surface area (Å²) in [6.45, 7) is 7.31. The lowest BCUT2D eigenvalue weighted by Gasteiger charge is -2.37. The Labute approximate surface area is 130 Å². The van der Waals surface area contributed by atoms with Gasteiger partial charge in [0.2, 0.25) is 5.91 Å². The monoisotopic (exact) mass is 309 g/mol. The van der Waals surface area contributed by atoms with Crippen molar-refractivity contribution in [2.24, 2.45) is 5.11 Å². The molecule has 2 amide bonds. The number of hydrogen-bond acceptors (Lipinski definition) is 4. The Balaban J connectivity index is 1.86. The molecule has 0 spiro atoms. The van der Waals surface area contributed by atoms with E-state index in [0.29, 0.717) is 26.1 Å². The Kier molecular flexibility index (Phi) is 4.81. The van der Waals surface area contributed by atoms with Crippen LogP contribution in [0, 0.1) is 0 Å². The predicted octanol–water partition coefficient (Wildman–Crippen LogP) is 2.30. The molecule has 2 saturated heterocycles. The molecule has 0 aromatic rings. The SMILES string of the molecule is CC(C)(C)OC(=O)N1CCC(N2CCC(N=[N+]=[N-])C2=O)CC1. The predicted molar refractivity (Wildman–Crippen MR) is 80.1 cm³/mol. The fourth-order valence-corrected chi connectivity index (χ4v) is 2.91. The normalized spacial score (nSPS) is 23.4. The van der Waals surface area contributed by atoms with Gasteiger partial charge in [0.25, 0.3) is 0 Å². The van der Waals surface area contributed by atoms with Crippen LogP contribution in [0.3, 0.4) is 0 Å². The van der Waals surface area contributed by atoms with Crippen LogP contribution >= 0.6 is 0 Å². The molecule has 8 heteroatoms. The first-order chi connectivity index (χ1) is 10.3. The van der Waals surface area contributed by atoms with Crippen molar-refractivity contribution in [1.82, 2.24) is 9.80 Å². The van der Waals surface area contributed by atoms with Gasteiger partial charge >= 0.3 is 6.09 Å². The lowest BCUT2D eigenvalue weighted by Crippen LogP contribution is -2.48. The molecule has 122 valence electrons. The molecule has 2 aliphatic rings. The zero-order valence-electron chi connectivity index (χ0n) is 13.4. The maximum atomic E-state index is 12.2. The summed E-state index contributed by atoms with van der Waals surface area (Å²) in [5.74, 6) is -0.0893. The van der Waals surface area contributed by atoms with Gasteiger partial charge in [-0.3, -0.25) is 4.79 Å². The average molecular weight is 309 g/mol. The number of nitrogens with zero attached hydrogens (tertiary/aromatic N) is 5. The third kappa shape index (κ3) is 3.82. The Morgan fingerprint density at radius 2 is 1.91 bits per heavy atom. The van der Waals surface area contributed by atoms with Crippen molar-refractivity contribution in [2.75, 3.05) is 19.6 Å². The summed E-state index contributed by atoms with van der Waals surface area (Å²) in [4.78, 5) is 30.4. The summed E-state index contributed by atoms with van der Waals surface area (Å²) in [6, 6.07) is -0.445. The summed E-state index contributed by atoms with van der Waals surface area (Å²) in [7, 11) is 0. The number of carbonyl (C=O) groups excluding carboxylic acids is 2. The lowest BCUT2D eigenvalue weighted by molar-refractivity contribution is -0.131. The van der Waals surface area contributed by atoms with Crippen molar-refractivity contribution >= 4 is 12.0 Å². The lowest BCUT2D eigenvalue weighted by atomic mass is 10.0. The molecule has 0 aliphatic carbocycles. The van der Waals surface area contributed by atoms with Gasteiger partial charge in [0.05, 0.1) is 0 Å². The van der Waals surface area contributed by atoms with Gasteiger partial charge in [0, 0.05) is 30.6 Å². The molecule has 0 bridgehead atoms. The largest absolute Gasteiger partial charge is 0.444 e. The third-order valence-electron chi connectivity index (χ3n) is 3.96. The Morgan fingerprint density at radius 1 is 1.27 bits per heavy atom. The third-order valence-corrected chi connectivity index (χ3v) is 3.96. The van der Waals surface area contributed by atoms with Crippen molar-refractivity contribution in [3.8, 4) is 0 Å². The molecule has 2 heterocycles.